The number of benzene rings is 3. The molecule has 12 heteroatoms. The van der Waals surface area contributed by atoms with Gasteiger partial charge >= 0.3 is 0 Å². The van der Waals surface area contributed by atoms with Crippen molar-refractivity contribution in [1.29, 1.82) is 0 Å². The molecular weight excluding hydrogens is 567 g/mol. The molecule has 0 unspecified atom stereocenters. The average Bonchev–Trinajstić information content (AvgIpc) is 3.52. The second-order valence-corrected chi connectivity index (χ2v) is 10.8. The van der Waals surface area contributed by atoms with Crippen molar-refractivity contribution in [2.24, 2.45) is 0 Å². The van der Waals surface area contributed by atoms with Gasteiger partial charge in [0.1, 0.15) is 37.4 Å². The van der Waals surface area contributed by atoms with Crippen LogP contribution in [0.1, 0.15) is 43.7 Å². The molecule has 6 rings (SSSR count). The van der Waals surface area contributed by atoms with Crippen LogP contribution in [-0.4, -0.2) is 58.4 Å². The van der Waals surface area contributed by atoms with Crippen molar-refractivity contribution in [3.05, 3.63) is 78.1 Å². The lowest BCUT2D eigenvalue weighted by molar-refractivity contribution is -0.127. The molecule has 4 aromatic rings. The number of nitrogens with one attached hydrogen (secondary N) is 1. The summed E-state index contributed by atoms with van der Waals surface area (Å²) in [6.45, 7) is 0.469. The Kier molecular flexibility index (Phi) is 8.67. The van der Waals surface area contributed by atoms with Crippen LogP contribution in [0, 0.1) is 5.82 Å². The zero-order valence-electron chi connectivity index (χ0n) is 24.3. The second kappa shape index (κ2) is 13.1. The number of carbonyl (C=O) groups is 2. The molecule has 2 aliphatic rings. The Labute approximate surface area is 253 Å². The summed E-state index contributed by atoms with van der Waals surface area (Å²) in [5.74, 6) is 0.755. The normalized spacial score (nSPS) is 15.3. The van der Waals surface area contributed by atoms with Crippen LogP contribution in [0.4, 0.5) is 10.1 Å². The van der Waals surface area contributed by atoms with Crippen LogP contribution in [0.3, 0.4) is 0 Å². The van der Waals surface area contributed by atoms with Gasteiger partial charge in [-0.2, -0.15) is 4.80 Å². The Morgan fingerprint density at radius 2 is 1.73 bits per heavy atom. The van der Waals surface area contributed by atoms with E-state index in [1.54, 1.807) is 49.6 Å². The largest absolute Gasteiger partial charge is 0.497 e. The Balaban J connectivity index is 1.38. The summed E-state index contributed by atoms with van der Waals surface area (Å²) >= 11 is 0. The van der Waals surface area contributed by atoms with Crippen LogP contribution in [0.25, 0.3) is 11.4 Å². The molecule has 1 saturated carbocycles. The molecule has 1 N–H and O–H groups in total. The van der Waals surface area contributed by atoms with Gasteiger partial charge in [0.2, 0.25) is 11.7 Å². The van der Waals surface area contributed by atoms with Crippen LogP contribution in [0.2, 0.25) is 0 Å². The maximum Gasteiger partial charge on any atom is 0.251 e. The number of anilines is 1. The summed E-state index contributed by atoms with van der Waals surface area (Å²) < 4.78 is 30.3. The van der Waals surface area contributed by atoms with Gasteiger partial charge in [-0.25, -0.2) is 4.39 Å². The fraction of sp³-hybridized carbons (Fsp3) is 0.344. The van der Waals surface area contributed by atoms with E-state index in [0.29, 0.717) is 47.3 Å². The summed E-state index contributed by atoms with van der Waals surface area (Å²) in [5.41, 5.74) is 1.59. The van der Waals surface area contributed by atoms with Gasteiger partial charge in [-0.15, -0.1) is 10.2 Å². The van der Waals surface area contributed by atoms with E-state index in [0.717, 1.165) is 36.9 Å². The second-order valence-electron chi connectivity index (χ2n) is 10.8. The van der Waals surface area contributed by atoms with E-state index in [2.05, 4.69) is 20.7 Å². The van der Waals surface area contributed by atoms with Gasteiger partial charge < -0.3 is 19.5 Å². The highest BCUT2D eigenvalue weighted by atomic mass is 19.1. The lowest BCUT2D eigenvalue weighted by Crippen LogP contribution is -2.48. The maximum absolute atomic E-state index is 14.3. The quantitative estimate of drug-likeness (QED) is 0.299. The minimum absolute atomic E-state index is 0.0180. The molecule has 1 fully saturated rings. The Morgan fingerprint density at radius 1 is 1.00 bits per heavy atom. The number of carbonyl (C=O) groups excluding carboxylic acids is 2. The van der Waals surface area contributed by atoms with Crippen LogP contribution in [-0.2, 0) is 16.1 Å². The number of methoxy groups -OCH3 is 1. The molecule has 1 aliphatic heterocycles. The highest BCUT2D eigenvalue weighted by molar-refractivity contribution is 6.01. The number of rotatable bonds is 9. The smallest absolute Gasteiger partial charge is 0.251 e. The number of amides is 2. The van der Waals surface area contributed by atoms with Crippen LogP contribution in [0.5, 0.6) is 17.2 Å². The monoisotopic (exact) mass is 600 g/mol. The first kappa shape index (κ1) is 29.1. The molecular formula is C32H33FN6O5. The van der Waals surface area contributed by atoms with Crippen molar-refractivity contribution in [3.8, 4) is 28.6 Å². The molecule has 2 amide bonds. The highest BCUT2D eigenvalue weighted by Gasteiger charge is 2.35. The topological polar surface area (TPSA) is 121 Å². The molecule has 1 aliphatic carbocycles. The number of fused-ring (bicyclic) bond motifs is 1. The van der Waals surface area contributed by atoms with Crippen LogP contribution < -0.4 is 24.4 Å². The Hall–Kier alpha value is -5.00. The van der Waals surface area contributed by atoms with Gasteiger partial charge in [0.05, 0.1) is 7.11 Å². The van der Waals surface area contributed by atoms with Gasteiger partial charge in [0, 0.05) is 23.4 Å². The molecule has 3 aromatic carbocycles. The van der Waals surface area contributed by atoms with Gasteiger partial charge in [-0.3, -0.25) is 14.5 Å². The van der Waals surface area contributed by atoms with E-state index >= 15 is 0 Å². The third-order valence-corrected chi connectivity index (χ3v) is 7.79. The number of tetrazole rings is 1. The van der Waals surface area contributed by atoms with E-state index in [1.807, 2.05) is 0 Å². The van der Waals surface area contributed by atoms with Crippen molar-refractivity contribution in [1.82, 2.24) is 25.5 Å². The lowest BCUT2D eigenvalue weighted by Gasteiger charge is -2.34. The van der Waals surface area contributed by atoms with E-state index < -0.39 is 11.9 Å². The molecule has 0 bridgehead atoms. The zero-order chi connectivity index (χ0) is 30.5. The van der Waals surface area contributed by atoms with Crippen LogP contribution >= 0.6 is 0 Å². The number of halogens is 1. The average molecular weight is 601 g/mol. The summed E-state index contributed by atoms with van der Waals surface area (Å²) in [5, 5.41) is 15.7. The van der Waals surface area contributed by atoms with Crippen molar-refractivity contribution >= 4 is 17.5 Å². The Bertz CT molecular complexity index is 1600. The number of nitrogens with zero attached hydrogens (tertiary/aromatic N) is 5. The summed E-state index contributed by atoms with van der Waals surface area (Å²) in [6, 6.07) is 16.9. The third-order valence-electron chi connectivity index (χ3n) is 7.79. The summed E-state index contributed by atoms with van der Waals surface area (Å²) in [6.07, 6.45) is 4.98. The zero-order valence-corrected chi connectivity index (χ0v) is 24.3. The first-order valence-corrected chi connectivity index (χ1v) is 14.7. The number of aromatic nitrogens is 4. The number of hydrogen-bond donors (Lipinski definition) is 1. The molecule has 1 aromatic heterocycles. The maximum atomic E-state index is 14.3. The fourth-order valence-electron chi connectivity index (χ4n) is 5.57. The Morgan fingerprint density at radius 3 is 2.45 bits per heavy atom. The first-order valence-electron chi connectivity index (χ1n) is 14.7. The molecule has 2 heterocycles. The minimum atomic E-state index is -1.03. The predicted molar refractivity (Wildman–Crippen MR) is 159 cm³/mol. The third kappa shape index (κ3) is 6.48. The van der Waals surface area contributed by atoms with Crippen LogP contribution in [0.15, 0.2) is 66.7 Å². The van der Waals surface area contributed by atoms with Crippen molar-refractivity contribution in [3.63, 3.8) is 0 Å². The SMILES string of the molecule is COc1ccc([C@H](C(=O)NC2CCCCC2)N(C(=O)Cn2nnc(-c3ccc(F)cc3)n2)c2ccc3c(c2)OCCO3)cc1. The molecule has 1 atom stereocenters. The van der Waals surface area contributed by atoms with Crippen molar-refractivity contribution in [2.75, 3.05) is 25.2 Å². The van der Waals surface area contributed by atoms with E-state index in [9.17, 15) is 14.0 Å². The number of ether oxygens (including phenoxy) is 3. The van der Waals surface area contributed by atoms with Crippen molar-refractivity contribution in [2.45, 2.75) is 50.7 Å². The molecule has 0 saturated heterocycles. The van der Waals surface area contributed by atoms with Gasteiger partial charge in [0.25, 0.3) is 5.91 Å². The highest BCUT2D eigenvalue weighted by Crippen LogP contribution is 2.37. The van der Waals surface area contributed by atoms with E-state index in [4.69, 9.17) is 14.2 Å². The summed E-state index contributed by atoms with van der Waals surface area (Å²) in [7, 11) is 1.57. The van der Waals surface area contributed by atoms with Gasteiger partial charge in [-0.1, -0.05) is 31.4 Å². The first-order chi connectivity index (χ1) is 21.5. The summed E-state index contributed by atoms with van der Waals surface area (Å²) in [4.78, 5) is 31.1. The van der Waals surface area contributed by atoms with Gasteiger partial charge in [-0.05, 0) is 72.1 Å². The van der Waals surface area contributed by atoms with Crippen molar-refractivity contribution < 1.29 is 28.2 Å². The fourth-order valence-corrected chi connectivity index (χ4v) is 5.57. The molecule has 11 nitrogen and oxygen atoms in total. The predicted octanol–water partition coefficient (Wildman–Crippen LogP) is 4.48. The van der Waals surface area contributed by atoms with E-state index in [1.165, 1.54) is 29.2 Å². The molecule has 44 heavy (non-hydrogen) atoms. The minimum Gasteiger partial charge on any atom is -0.497 e. The number of hydrogen-bond acceptors (Lipinski definition) is 8. The van der Waals surface area contributed by atoms with Gasteiger partial charge in [0.15, 0.2) is 11.5 Å². The molecule has 0 radical (unpaired) electrons. The van der Waals surface area contributed by atoms with E-state index in [-0.39, 0.29) is 30.1 Å². The molecule has 0 spiro atoms. The standard InChI is InChI=1S/C32H33FN6O5/c1-42-26-14-9-21(10-15-26)30(32(41)34-24-5-3-2-4-6-24)39(25-13-16-27-28(19-25)44-18-17-43-27)29(40)20-38-36-31(35-37-38)22-7-11-23(33)12-8-22/h7-16,19,24,30H,2-6,17-18,20H2,1H3,(H,34,41)/t30-/m1/s1. The molecule has 228 valence electrons. The lowest BCUT2D eigenvalue weighted by atomic mass is 9.94.